The van der Waals surface area contributed by atoms with Gasteiger partial charge in [0.05, 0.1) is 7.11 Å². The molecule has 0 bridgehead atoms. The van der Waals surface area contributed by atoms with Crippen LogP contribution in [-0.4, -0.2) is 37.5 Å². The maximum absolute atomic E-state index is 11.7. The number of nitrogens with one attached hydrogen (secondary N) is 2. The van der Waals surface area contributed by atoms with Gasteiger partial charge in [-0.1, -0.05) is 36.4 Å². The summed E-state index contributed by atoms with van der Waals surface area (Å²) in [5.74, 6) is 1.86. The fourth-order valence-corrected chi connectivity index (χ4v) is 3.19. The fraction of sp³-hybridized carbons (Fsp3) is 0.364. The van der Waals surface area contributed by atoms with Gasteiger partial charge in [-0.25, -0.2) is 0 Å². The van der Waals surface area contributed by atoms with Crippen molar-refractivity contribution in [3.63, 3.8) is 0 Å². The van der Waals surface area contributed by atoms with Gasteiger partial charge in [0.1, 0.15) is 5.75 Å². The third-order valence-corrected chi connectivity index (χ3v) is 4.87. The van der Waals surface area contributed by atoms with E-state index in [1.807, 2.05) is 29.2 Å². The first-order valence-corrected chi connectivity index (χ1v) is 9.61. The number of aliphatic imine (C=N–C) groups is 1. The van der Waals surface area contributed by atoms with Crippen LogP contribution >= 0.6 is 0 Å². The van der Waals surface area contributed by atoms with E-state index in [1.165, 1.54) is 11.1 Å². The van der Waals surface area contributed by atoms with Gasteiger partial charge in [-0.3, -0.25) is 9.79 Å². The predicted octanol–water partition coefficient (Wildman–Crippen LogP) is 2.68. The zero-order valence-electron chi connectivity index (χ0n) is 16.6. The van der Waals surface area contributed by atoms with Crippen molar-refractivity contribution in [1.82, 2.24) is 15.5 Å². The maximum atomic E-state index is 11.7. The number of benzene rings is 2. The van der Waals surface area contributed by atoms with E-state index in [9.17, 15) is 4.79 Å². The molecule has 2 aromatic carbocycles. The van der Waals surface area contributed by atoms with Crippen LogP contribution in [0.4, 0.5) is 0 Å². The molecule has 0 radical (unpaired) electrons. The van der Waals surface area contributed by atoms with Crippen LogP contribution in [0.1, 0.15) is 29.5 Å². The molecule has 1 fully saturated rings. The molecule has 3 rings (SSSR count). The number of nitrogens with zero attached hydrogens (tertiary/aromatic N) is 2. The van der Waals surface area contributed by atoms with Crippen LogP contribution < -0.4 is 15.4 Å². The third kappa shape index (κ3) is 5.49. The zero-order chi connectivity index (χ0) is 19.8. The van der Waals surface area contributed by atoms with Gasteiger partial charge in [0.25, 0.3) is 0 Å². The predicted molar refractivity (Wildman–Crippen MR) is 111 cm³/mol. The number of ether oxygens (including phenoxy) is 1. The first kappa shape index (κ1) is 19.7. The Morgan fingerprint density at radius 2 is 1.57 bits per heavy atom. The summed E-state index contributed by atoms with van der Waals surface area (Å²) in [5, 5.41) is 6.64. The molecular formula is C22H28N4O2. The van der Waals surface area contributed by atoms with Gasteiger partial charge >= 0.3 is 0 Å². The monoisotopic (exact) mass is 380 g/mol. The Morgan fingerprint density at radius 3 is 2.07 bits per heavy atom. The lowest BCUT2D eigenvalue weighted by Gasteiger charge is -2.16. The van der Waals surface area contributed by atoms with Crippen molar-refractivity contribution in [2.24, 2.45) is 4.99 Å². The minimum Gasteiger partial charge on any atom is -0.497 e. The highest BCUT2D eigenvalue weighted by molar-refractivity contribution is 5.79. The summed E-state index contributed by atoms with van der Waals surface area (Å²) < 4.78 is 5.18. The lowest BCUT2D eigenvalue weighted by atomic mass is 10.1. The number of methoxy groups -OCH3 is 1. The number of rotatable bonds is 7. The number of amides is 1. The molecule has 0 aliphatic carbocycles. The summed E-state index contributed by atoms with van der Waals surface area (Å²) in [6.07, 6.45) is 1.66. The van der Waals surface area contributed by atoms with Crippen LogP contribution in [0.5, 0.6) is 5.75 Å². The van der Waals surface area contributed by atoms with Gasteiger partial charge in [-0.2, -0.15) is 0 Å². The Bertz CT molecular complexity index is 800. The van der Waals surface area contributed by atoms with E-state index in [0.717, 1.165) is 30.2 Å². The second-order valence-electron chi connectivity index (χ2n) is 6.86. The van der Waals surface area contributed by atoms with Crippen LogP contribution in [-0.2, 0) is 24.4 Å². The van der Waals surface area contributed by atoms with E-state index in [1.54, 1.807) is 14.2 Å². The van der Waals surface area contributed by atoms with Crippen molar-refractivity contribution in [3.05, 3.63) is 65.2 Å². The van der Waals surface area contributed by atoms with E-state index >= 15 is 0 Å². The smallest absolute Gasteiger partial charge is 0.222 e. The van der Waals surface area contributed by atoms with Gasteiger partial charge < -0.3 is 20.3 Å². The summed E-state index contributed by atoms with van der Waals surface area (Å²) >= 11 is 0. The molecule has 0 aromatic heterocycles. The lowest BCUT2D eigenvalue weighted by molar-refractivity contribution is -0.128. The van der Waals surface area contributed by atoms with E-state index < -0.39 is 0 Å². The van der Waals surface area contributed by atoms with Crippen molar-refractivity contribution < 1.29 is 9.53 Å². The van der Waals surface area contributed by atoms with Crippen molar-refractivity contribution in [3.8, 4) is 5.75 Å². The van der Waals surface area contributed by atoms with Crippen molar-refractivity contribution in [2.45, 2.75) is 32.5 Å². The highest BCUT2D eigenvalue weighted by Gasteiger charge is 2.19. The Labute approximate surface area is 166 Å². The number of carbonyl (C=O) groups is 1. The molecule has 148 valence electrons. The molecule has 6 heteroatoms. The fourth-order valence-electron chi connectivity index (χ4n) is 3.19. The molecule has 28 heavy (non-hydrogen) atoms. The molecule has 1 heterocycles. The molecule has 0 atom stereocenters. The molecular weight excluding hydrogens is 352 g/mol. The summed E-state index contributed by atoms with van der Waals surface area (Å²) in [4.78, 5) is 17.9. The highest BCUT2D eigenvalue weighted by Crippen LogP contribution is 2.15. The van der Waals surface area contributed by atoms with Gasteiger partial charge in [-0.15, -0.1) is 0 Å². The second kappa shape index (κ2) is 9.78. The number of guanidine groups is 1. The standard InChI is InChI=1S/C22H28N4O2/c1-23-22(25-15-18-9-11-20(28-2)12-10-18)24-14-17-5-7-19(8-6-17)16-26-13-3-4-21(26)27/h5-12H,3-4,13-16H2,1-2H3,(H2,23,24,25). The van der Waals surface area contributed by atoms with E-state index in [2.05, 4.69) is 39.9 Å². The lowest BCUT2D eigenvalue weighted by Crippen LogP contribution is -2.36. The van der Waals surface area contributed by atoms with Crippen molar-refractivity contribution in [1.29, 1.82) is 0 Å². The van der Waals surface area contributed by atoms with Crippen molar-refractivity contribution in [2.75, 3.05) is 20.7 Å². The minimum atomic E-state index is 0.262. The van der Waals surface area contributed by atoms with Crippen LogP contribution in [0.25, 0.3) is 0 Å². The first-order valence-electron chi connectivity index (χ1n) is 9.61. The number of carbonyl (C=O) groups excluding carboxylic acids is 1. The van der Waals surface area contributed by atoms with Crippen LogP contribution in [0.2, 0.25) is 0 Å². The quantitative estimate of drug-likeness (QED) is 0.573. The average molecular weight is 380 g/mol. The second-order valence-corrected chi connectivity index (χ2v) is 6.86. The largest absolute Gasteiger partial charge is 0.497 e. The molecule has 1 aliphatic heterocycles. The Kier molecular flexibility index (Phi) is 6.89. The third-order valence-electron chi connectivity index (χ3n) is 4.87. The maximum Gasteiger partial charge on any atom is 0.222 e. The van der Waals surface area contributed by atoms with Gasteiger partial charge in [-0.05, 0) is 35.2 Å². The molecule has 6 nitrogen and oxygen atoms in total. The van der Waals surface area contributed by atoms with Gasteiger partial charge in [0.2, 0.25) is 5.91 Å². The number of hydrogen-bond acceptors (Lipinski definition) is 3. The summed E-state index contributed by atoms with van der Waals surface area (Å²) in [6.45, 7) is 2.95. The van der Waals surface area contributed by atoms with Crippen LogP contribution in [0.15, 0.2) is 53.5 Å². The van der Waals surface area contributed by atoms with Gasteiger partial charge in [0, 0.05) is 39.6 Å². The minimum absolute atomic E-state index is 0.262. The summed E-state index contributed by atoms with van der Waals surface area (Å²) in [5.41, 5.74) is 3.49. The molecule has 0 unspecified atom stereocenters. The highest BCUT2D eigenvalue weighted by atomic mass is 16.5. The molecule has 0 saturated carbocycles. The molecule has 1 saturated heterocycles. The number of hydrogen-bond donors (Lipinski definition) is 2. The average Bonchev–Trinajstić information content (AvgIpc) is 3.14. The SMILES string of the molecule is CN=C(NCc1ccc(CN2CCCC2=O)cc1)NCc1ccc(OC)cc1. The van der Waals surface area contributed by atoms with Crippen molar-refractivity contribution >= 4 is 11.9 Å². The zero-order valence-corrected chi connectivity index (χ0v) is 16.6. The molecule has 2 aromatic rings. The van der Waals surface area contributed by atoms with E-state index in [0.29, 0.717) is 26.1 Å². The normalized spacial score (nSPS) is 14.3. The first-order chi connectivity index (χ1) is 13.7. The van der Waals surface area contributed by atoms with Crippen LogP contribution in [0.3, 0.4) is 0 Å². The molecule has 0 spiro atoms. The molecule has 1 amide bonds. The Balaban J connectivity index is 1.45. The summed E-state index contributed by atoms with van der Waals surface area (Å²) in [6, 6.07) is 16.3. The van der Waals surface area contributed by atoms with E-state index in [4.69, 9.17) is 4.74 Å². The topological polar surface area (TPSA) is 66.0 Å². The van der Waals surface area contributed by atoms with Crippen LogP contribution in [0, 0.1) is 0 Å². The summed E-state index contributed by atoms with van der Waals surface area (Å²) in [7, 11) is 3.43. The molecule has 2 N–H and O–H groups in total. The Morgan fingerprint density at radius 1 is 1.00 bits per heavy atom. The van der Waals surface area contributed by atoms with E-state index in [-0.39, 0.29) is 5.91 Å². The Hall–Kier alpha value is -3.02. The van der Waals surface area contributed by atoms with Gasteiger partial charge in [0.15, 0.2) is 5.96 Å². The number of likely N-dealkylation sites (tertiary alicyclic amines) is 1. The molecule has 1 aliphatic rings.